The van der Waals surface area contributed by atoms with E-state index in [0.717, 1.165) is 5.92 Å². The van der Waals surface area contributed by atoms with Crippen molar-refractivity contribution in [3.8, 4) is 0 Å². The molecule has 0 amide bonds. The summed E-state index contributed by atoms with van der Waals surface area (Å²) in [5, 5.41) is 0. The molecule has 1 heteroatoms. The van der Waals surface area contributed by atoms with Crippen molar-refractivity contribution < 1.29 is 4.74 Å². The Morgan fingerprint density at radius 2 is 2.08 bits per heavy atom. The zero-order chi connectivity index (χ0) is 10.3. The molecule has 0 aromatic heterocycles. The highest BCUT2D eigenvalue weighted by atomic mass is 16.4. The summed E-state index contributed by atoms with van der Waals surface area (Å²) in [7, 11) is 3.25. The lowest BCUT2D eigenvalue weighted by molar-refractivity contribution is 0.277. The third-order valence-electron chi connectivity index (χ3n) is 2.33. The molecule has 0 saturated heterocycles. The van der Waals surface area contributed by atoms with Gasteiger partial charge in [-0.1, -0.05) is 23.8 Å². The molecule has 1 rings (SSSR count). The van der Waals surface area contributed by atoms with E-state index in [-0.39, 0.29) is 0 Å². The number of ether oxygens (including phenoxy) is 1. The van der Waals surface area contributed by atoms with Crippen LogP contribution in [0.5, 0.6) is 0 Å². The second kappa shape index (κ2) is 6.90. The quantitative estimate of drug-likeness (QED) is 0.563. The zero-order valence-electron chi connectivity index (χ0n) is 9.39. The van der Waals surface area contributed by atoms with Crippen LogP contribution in [0.25, 0.3) is 0 Å². The fraction of sp³-hybridized carbons (Fsp3) is 0.667. The van der Waals surface area contributed by atoms with Gasteiger partial charge in [0.15, 0.2) is 0 Å². The Labute approximate surface area is 82.5 Å². The Morgan fingerprint density at radius 1 is 1.54 bits per heavy atom. The molecular weight excluding hydrogens is 160 g/mol. The molecule has 0 aromatic carbocycles. The predicted molar refractivity (Wildman–Crippen MR) is 58.8 cm³/mol. The van der Waals surface area contributed by atoms with Gasteiger partial charge in [-0.25, -0.2) is 0 Å². The van der Waals surface area contributed by atoms with Crippen LogP contribution in [0, 0.1) is 5.92 Å². The summed E-state index contributed by atoms with van der Waals surface area (Å²) >= 11 is 0. The molecule has 0 N–H and O–H groups in total. The van der Waals surface area contributed by atoms with Gasteiger partial charge in [-0.05, 0) is 39.0 Å². The van der Waals surface area contributed by atoms with Gasteiger partial charge in [-0.15, -0.1) is 0 Å². The van der Waals surface area contributed by atoms with Gasteiger partial charge in [0, 0.05) is 14.2 Å². The lowest BCUT2D eigenvalue weighted by Crippen LogP contribution is -2.04. The molecule has 1 unspecified atom stereocenters. The van der Waals surface area contributed by atoms with Crippen LogP contribution in [0.3, 0.4) is 0 Å². The van der Waals surface area contributed by atoms with Crippen molar-refractivity contribution in [3.05, 3.63) is 23.8 Å². The largest absolute Gasteiger partial charge is 0.388 e. The van der Waals surface area contributed by atoms with E-state index in [1.165, 1.54) is 24.8 Å². The monoisotopic (exact) mass is 182 g/mol. The first-order valence-corrected chi connectivity index (χ1v) is 4.83. The lowest BCUT2D eigenvalue weighted by Gasteiger charge is -2.19. The molecule has 0 heterocycles. The summed E-state index contributed by atoms with van der Waals surface area (Å²) in [5.41, 5.74) is 2.90. The van der Waals surface area contributed by atoms with Crippen LogP contribution < -0.4 is 0 Å². The molecule has 1 aliphatic carbocycles. The third kappa shape index (κ3) is 5.64. The highest BCUT2D eigenvalue weighted by molar-refractivity contribution is 5.09. The van der Waals surface area contributed by atoms with E-state index in [0.29, 0.717) is 0 Å². The molecule has 0 aromatic rings. The first-order valence-electron chi connectivity index (χ1n) is 4.83. The van der Waals surface area contributed by atoms with Gasteiger partial charge < -0.3 is 4.74 Å². The van der Waals surface area contributed by atoms with Crippen molar-refractivity contribution in [2.75, 3.05) is 14.2 Å². The van der Waals surface area contributed by atoms with E-state index in [2.05, 4.69) is 31.2 Å². The van der Waals surface area contributed by atoms with E-state index in [1.54, 1.807) is 19.8 Å². The van der Waals surface area contributed by atoms with Crippen molar-refractivity contribution in [1.82, 2.24) is 0 Å². The van der Waals surface area contributed by atoms with Crippen molar-refractivity contribution >= 4 is 0 Å². The van der Waals surface area contributed by atoms with Gasteiger partial charge in [0.1, 0.15) is 0 Å². The average molecular weight is 182 g/mol. The summed E-state index contributed by atoms with van der Waals surface area (Å²) < 4.78 is 4.25. The second-order valence-electron chi connectivity index (χ2n) is 3.78. The summed E-state index contributed by atoms with van der Waals surface area (Å²) in [4.78, 5) is 0. The predicted octanol–water partition coefficient (Wildman–Crippen LogP) is 3.57. The van der Waals surface area contributed by atoms with Crippen molar-refractivity contribution in [2.45, 2.75) is 33.1 Å². The van der Waals surface area contributed by atoms with Crippen LogP contribution >= 0.6 is 0 Å². The third-order valence-corrected chi connectivity index (χ3v) is 2.33. The number of allylic oxidation sites excluding steroid dienone is 3. The van der Waals surface area contributed by atoms with Crippen molar-refractivity contribution in [1.29, 1.82) is 0 Å². The average Bonchev–Trinajstić information content (AvgIpc) is 2.06. The lowest BCUT2D eigenvalue weighted by atomic mass is 9.86. The Hall–Kier alpha value is -0.560. The maximum Gasteiger partial charge on any atom is 0.0351 e. The number of rotatable bonds is 1. The van der Waals surface area contributed by atoms with Gasteiger partial charge in [0.05, 0.1) is 0 Å². The molecular formula is C12H22O. The second-order valence-corrected chi connectivity index (χ2v) is 3.78. The molecule has 1 atom stereocenters. The summed E-state index contributed by atoms with van der Waals surface area (Å²) in [6, 6.07) is 0. The molecule has 0 spiro atoms. The Bertz CT molecular complexity index is 180. The van der Waals surface area contributed by atoms with Gasteiger partial charge in [-0.3, -0.25) is 0 Å². The van der Waals surface area contributed by atoms with E-state index in [4.69, 9.17) is 0 Å². The van der Waals surface area contributed by atoms with Gasteiger partial charge in [0.2, 0.25) is 0 Å². The van der Waals surface area contributed by atoms with E-state index < -0.39 is 0 Å². The maximum absolute atomic E-state index is 4.25. The summed E-state index contributed by atoms with van der Waals surface area (Å²) in [6.07, 6.45) is 6.17. The van der Waals surface area contributed by atoms with E-state index >= 15 is 0 Å². The minimum Gasteiger partial charge on any atom is -0.388 e. The SMILES string of the molecule is C=C(C)C1CC=C(C)CC1.COC. The van der Waals surface area contributed by atoms with Crippen LogP contribution in [0.2, 0.25) is 0 Å². The molecule has 1 aliphatic rings. The fourth-order valence-electron chi connectivity index (χ4n) is 1.41. The summed E-state index contributed by atoms with van der Waals surface area (Å²) in [6.45, 7) is 8.33. The van der Waals surface area contributed by atoms with Crippen LogP contribution in [-0.4, -0.2) is 14.2 Å². The van der Waals surface area contributed by atoms with Crippen LogP contribution in [0.15, 0.2) is 23.8 Å². The van der Waals surface area contributed by atoms with Crippen molar-refractivity contribution in [2.24, 2.45) is 5.92 Å². The first-order chi connectivity index (χ1) is 6.11. The molecule has 0 saturated carbocycles. The van der Waals surface area contributed by atoms with Gasteiger partial charge >= 0.3 is 0 Å². The van der Waals surface area contributed by atoms with Crippen LogP contribution in [-0.2, 0) is 4.74 Å². The molecule has 0 bridgehead atoms. The molecule has 1 nitrogen and oxygen atoms in total. The Morgan fingerprint density at radius 3 is 2.38 bits per heavy atom. The Balaban J connectivity index is 0.000000424. The maximum atomic E-state index is 4.25. The van der Waals surface area contributed by atoms with E-state index in [1.807, 2.05) is 0 Å². The summed E-state index contributed by atoms with van der Waals surface area (Å²) in [5.74, 6) is 0.767. The smallest absolute Gasteiger partial charge is 0.0351 e. The minimum atomic E-state index is 0.767. The number of hydrogen-bond acceptors (Lipinski definition) is 1. The molecule has 0 radical (unpaired) electrons. The highest BCUT2D eigenvalue weighted by Crippen LogP contribution is 2.27. The van der Waals surface area contributed by atoms with Crippen LogP contribution in [0.4, 0.5) is 0 Å². The zero-order valence-corrected chi connectivity index (χ0v) is 9.39. The fourth-order valence-corrected chi connectivity index (χ4v) is 1.41. The minimum absolute atomic E-state index is 0.767. The Kier molecular flexibility index (Phi) is 6.61. The standard InChI is InChI=1S/C10H16.C2H6O/c1-8(2)10-6-4-9(3)5-7-10;1-3-2/h4,10H,1,5-7H2,2-3H3;1-2H3. The highest BCUT2D eigenvalue weighted by Gasteiger charge is 2.11. The van der Waals surface area contributed by atoms with Crippen LogP contribution in [0.1, 0.15) is 33.1 Å². The van der Waals surface area contributed by atoms with Gasteiger partial charge in [0.25, 0.3) is 0 Å². The van der Waals surface area contributed by atoms with Crippen molar-refractivity contribution in [3.63, 3.8) is 0 Å². The van der Waals surface area contributed by atoms with Gasteiger partial charge in [-0.2, -0.15) is 0 Å². The number of methoxy groups -OCH3 is 1. The topological polar surface area (TPSA) is 9.23 Å². The molecule has 76 valence electrons. The molecule has 0 aliphatic heterocycles. The molecule has 0 fully saturated rings. The molecule has 13 heavy (non-hydrogen) atoms. The normalized spacial score (nSPS) is 21.2. The first kappa shape index (κ1) is 12.4. The van der Waals surface area contributed by atoms with E-state index in [9.17, 15) is 0 Å². The number of hydrogen-bond donors (Lipinski definition) is 0.